The van der Waals surface area contributed by atoms with E-state index in [4.69, 9.17) is 9.47 Å². The van der Waals surface area contributed by atoms with E-state index in [-0.39, 0.29) is 24.4 Å². The van der Waals surface area contributed by atoms with Crippen LogP contribution in [0.5, 0.6) is 5.75 Å². The Morgan fingerprint density at radius 1 is 1.07 bits per heavy atom. The van der Waals surface area contributed by atoms with Crippen molar-refractivity contribution in [2.45, 2.75) is 19.6 Å². The van der Waals surface area contributed by atoms with Gasteiger partial charge in [-0.2, -0.15) is 0 Å². The highest BCUT2D eigenvalue weighted by Crippen LogP contribution is 2.33. The number of hydrogen-bond donors (Lipinski definition) is 2. The first kappa shape index (κ1) is 28.7. The number of amides is 1. The van der Waals surface area contributed by atoms with Gasteiger partial charge in [0.05, 0.1) is 37.1 Å². The first-order chi connectivity index (χ1) is 19.4. The van der Waals surface area contributed by atoms with Gasteiger partial charge in [-0.3, -0.25) is 4.79 Å². The number of halogens is 1. The second-order valence-corrected chi connectivity index (χ2v) is 9.43. The van der Waals surface area contributed by atoms with E-state index in [1.54, 1.807) is 18.2 Å². The lowest BCUT2D eigenvalue weighted by Crippen LogP contribution is -2.18. The van der Waals surface area contributed by atoms with E-state index in [2.05, 4.69) is 20.6 Å². The molecule has 0 unspecified atom stereocenters. The highest BCUT2D eigenvalue weighted by atomic mass is 19.1. The largest absolute Gasteiger partial charge is 0.492 e. The van der Waals surface area contributed by atoms with Crippen molar-refractivity contribution < 1.29 is 18.7 Å². The van der Waals surface area contributed by atoms with Gasteiger partial charge in [-0.15, -0.1) is 0 Å². The van der Waals surface area contributed by atoms with Crippen LogP contribution in [0, 0.1) is 5.82 Å². The molecule has 2 N–H and O–H groups in total. The minimum atomic E-state index is -0.297. The summed E-state index contributed by atoms with van der Waals surface area (Å²) in [6, 6.07) is 19.6. The monoisotopic (exact) mass is 543 g/mol. The maximum Gasteiger partial charge on any atom is 0.248 e. The lowest BCUT2D eigenvalue weighted by atomic mass is 10.1. The van der Waals surface area contributed by atoms with Crippen LogP contribution in [0.4, 0.5) is 15.9 Å². The quantitative estimate of drug-likeness (QED) is 0.212. The number of carbonyl (C=O) groups is 1. The van der Waals surface area contributed by atoms with E-state index >= 15 is 0 Å². The maximum atomic E-state index is 13.6. The molecule has 0 radical (unpaired) electrons. The molecule has 8 nitrogen and oxygen atoms in total. The molecular weight excluding hydrogens is 509 g/mol. The summed E-state index contributed by atoms with van der Waals surface area (Å²) in [5, 5.41) is 7.13. The molecule has 1 atom stereocenters. The molecule has 0 bridgehead atoms. The number of benzene rings is 3. The number of likely N-dealkylation sites (N-methyl/N-ethyl adjacent to an activating group) is 1. The van der Waals surface area contributed by atoms with Crippen LogP contribution in [0.1, 0.15) is 24.1 Å². The minimum absolute atomic E-state index is 0.258. The first-order valence-corrected chi connectivity index (χ1v) is 13.1. The average molecular weight is 544 g/mol. The topological polar surface area (TPSA) is 88.6 Å². The molecule has 4 rings (SSSR count). The summed E-state index contributed by atoms with van der Waals surface area (Å²) < 4.78 is 25.4. The second-order valence-electron chi connectivity index (χ2n) is 9.43. The predicted molar refractivity (Wildman–Crippen MR) is 156 cm³/mol. The molecule has 0 aliphatic rings. The van der Waals surface area contributed by atoms with Crippen LogP contribution in [0.15, 0.2) is 85.2 Å². The van der Waals surface area contributed by atoms with E-state index in [1.165, 1.54) is 24.5 Å². The smallest absolute Gasteiger partial charge is 0.248 e. The van der Waals surface area contributed by atoms with Crippen molar-refractivity contribution in [2.75, 3.05) is 44.5 Å². The normalized spacial score (nSPS) is 12.1. The molecule has 0 spiro atoms. The highest BCUT2D eigenvalue weighted by Gasteiger charge is 2.17. The number of hydrogen-bond acceptors (Lipinski definition) is 7. The molecule has 0 saturated heterocycles. The van der Waals surface area contributed by atoms with Gasteiger partial charge in [0.25, 0.3) is 0 Å². The number of anilines is 2. The van der Waals surface area contributed by atoms with E-state index in [0.29, 0.717) is 47.9 Å². The molecule has 40 heavy (non-hydrogen) atoms. The molecule has 9 heteroatoms. The Kier molecular flexibility index (Phi) is 10.1. The van der Waals surface area contributed by atoms with Crippen LogP contribution in [0.25, 0.3) is 10.9 Å². The number of rotatable bonds is 13. The Hall–Kier alpha value is -4.34. The van der Waals surface area contributed by atoms with Crippen LogP contribution >= 0.6 is 0 Å². The van der Waals surface area contributed by atoms with Gasteiger partial charge in [0.2, 0.25) is 5.91 Å². The van der Waals surface area contributed by atoms with Gasteiger partial charge in [0.15, 0.2) is 0 Å². The highest BCUT2D eigenvalue weighted by molar-refractivity contribution is 6.03. The van der Waals surface area contributed by atoms with Gasteiger partial charge in [0, 0.05) is 24.1 Å². The van der Waals surface area contributed by atoms with Gasteiger partial charge >= 0.3 is 0 Å². The molecular formula is C31H34FN5O3. The van der Waals surface area contributed by atoms with Crippen molar-refractivity contribution in [2.24, 2.45) is 0 Å². The first-order valence-electron chi connectivity index (χ1n) is 13.1. The number of aromatic nitrogens is 2. The van der Waals surface area contributed by atoms with Crippen molar-refractivity contribution in [1.29, 1.82) is 0 Å². The van der Waals surface area contributed by atoms with Crippen LogP contribution < -0.4 is 15.4 Å². The molecule has 1 heterocycles. The van der Waals surface area contributed by atoms with Gasteiger partial charge in [-0.05, 0) is 50.3 Å². The van der Waals surface area contributed by atoms with E-state index in [9.17, 15) is 9.18 Å². The zero-order valence-corrected chi connectivity index (χ0v) is 22.9. The second kappa shape index (κ2) is 14.2. The number of ether oxygens (including phenoxy) is 2. The number of fused-ring (bicyclic) bond motifs is 1. The third-order valence-corrected chi connectivity index (χ3v) is 5.99. The lowest BCUT2D eigenvalue weighted by molar-refractivity contribution is -0.111. The summed E-state index contributed by atoms with van der Waals surface area (Å²) >= 11 is 0. The fraction of sp³-hybridized carbons (Fsp3) is 0.258. The summed E-state index contributed by atoms with van der Waals surface area (Å²) in [7, 11) is 3.87. The van der Waals surface area contributed by atoms with Crippen LogP contribution in [-0.4, -0.2) is 54.6 Å². The third kappa shape index (κ3) is 8.08. The van der Waals surface area contributed by atoms with E-state index < -0.39 is 0 Å². The van der Waals surface area contributed by atoms with Crippen LogP contribution in [-0.2, 0) is 16.1 Å². The van der Waals surface area contributed by atoms with Crippen LogP contribution in [0.3, 0.4) is 0 Å². The fourth-order valence-corrected chi connectivity index (χ4v) is 4.11. The molecule has 3 aromatic carbocycles. The van der Waals surface area contributed by atoms with Gasteiger partial charge < -0.3 is 25.0 Å². The number of nitrogens with zero attached hydrogens (tertiary/aromatic N) is 3. The summed E-state index contributed by atoms with van der Waals surface area (Å²) in [6.45, 7) is 3.53. The Balaban J connectivity index is 1.61. The fourth-order valence-electron chi connectivity index (χ4n) is 4.11. The lowest BCUT2D eigenvalue weighted by Gasteiger charge is -2.21. The molecule has 0 aliphatic carbocycles. The Labute approximate surface area is 233 Å². The van der Waals surface area contributed by atoms with Gasteiger partial charge in [-0.25, -0.2) is 14.4 Å². The zero-order valence-electron chi connectivity index (χ0n) is 22.9. The van der Waals surface area contributed by atoms with E-state index in [0.717, 1.165) is 11.1 Å². The SMILES string of the molecule is CCOc1cc2ncnc(N[C@H](COCc3cccc(F)c3)c3ccccc3)c2cc1NC(=O)C=CCN(C)C. The summed E-state index contributed by atoms with van der Waals surface area (Å²) in [5.41, 5.74) is 2.93. The molecule has 0 aliphatic heterocycles. The average Bonchev–Trinajstić information content (AvgIpc) is 2.93. The molecule has 0 saturated carbocycles. The van der Waals surface area contributed by atoms with Crippen molar-refractivity contribution in [3.05, 3.63) is 102 Å². The zero-order chi connectivity index (χ0) is 28.3. The van der Waals surface area contributed by atoms with Gasteiger partial charge in [0.1, 0.15) is 23.7 Å². The summed E-state index contributed by atoms with van der Waals surface area (Å²) in [5.74, 6) is 0.539. The minimum Gasteiger partial charge on any atom is -0.492 e. The molecule has 1 amide bonds. The molecule has 208 valence electrons. The maximum absolute atomic E-state index is 13.6. The third-order valence-electron chi connectivity index (χ3n) is 5.99. The van der Waals surface area contributed by atoms with Crippen LogP contribution in [0.2, 0.25) is 0 Å². The molecule has 4 aromatic rings. The standard InChI is InChI=1S/C31H34FN5O3/c1-4-40-29-18-26-25(17-27(29)35-30(38)14-9-15-37(2)3)31(34-21-33-26)36-28(23-11-6-5-7-12-23)20-39-19-22-10-8-13-24(32)16-22/h5-14,16-18,21,28H,4,15,19-20H2,1-3H3,(H,35,38)(H,33,34,36)/t28-/m1/s1. The molecule has 0 fully saturated rings. The summed E-state index contributed by atoms with van der Waals surface area (Å²) in [6.07, 6.45) is 4.78. The number of nitrogens with one attached hydrogen (secondary N) is 2. The summed E-state index contributed by atoms with van der Waals surface area (Å²) in [4.78, 5) is 23.5. The van der Waals surface area contributed by atoms with Crippen molar-refractivity contribution >= 4 is 28.3 Å². The Morgan fingerprint density at radius 2 is 1.90 bits per heavy atom. The van der Waals surface area contributed by atoms with Crippen molar-refractivity contribution in [3.63, 3.8) is 0 Å². The van der Waals surface area contributed by atoms with Crippen molar-refractivity contribution in [1.82, 2.24) is 14.9 Å². The van der Waals surface area contributed by atoms with E-state index in [1.807, 2.05) is 68.4 Å². The Morgan fingerprint density at radius 3 is 2.65 bits per heavy atom. The van der Waals surface area contributed by atoms with Gasteiger partial charge in [-0.1, -0.05) is 48.5 Å². The Bertz CT molecular complexity index is 1450. The molecule has 1 aromatic heterocycles. The number of carbonyl (C=O) groups excluding carboxylic acids is 1. The van der Waals surface area contributed by atoms with Crippen molar-refractivity contribution in [3.8, 4) is 5.75 Å². The predicted octanol–water partition coefficient (Wildman–Crippen LogP) is 5.59.